The molecular formula is C30H30FN3O3. The number of nitrogens with zero attached hydrogens (tertiary/aromatic N) is 1. The molecule has 0 spiro atoms. The minimum absolute atomic E-state index is 0.0781. The van der Waals surface area contributed by atoms with Crippen molar-refractivity contribution in [1.82, 2.24) is 10.3 Å². The summed E-state index contributed by atoms with van der Waals surface area (Å²) < 4.78 is 26.6. The Morgan fingerprint density at radius 2 is 2.00 bits per heavy atom. The average Bonchev–Trinajstić information content (AvgIpc) is 2.90. The number of aromatic nitrogens is 1. The number of nitrogens with one attached hydrogen (secondary N) is 1. The van der Waals surface area contributed by atoms with Crippen LogP contribution in [0.5, 0.6) is 0 Å². The lowest BCUT2D eigenvalue weighted by molar-refractivity contribution is 0.0946. The topological polar surface area (TPSA) is 86.5 Å². The van der Waals surface area contributed by atoms with Crippen LogP contribution in [0.25, 0.3) is 27.8 Å². The molecule has 0 saturated carbocycles. The van der Waals surface area contributed by atoms with E-state index in [2.05, 4.69) is 23.0 Å². The van der Waals surface area contributed by atoms with E-state index in [9.17, 15) is 4.79 Å². The van der Waals surface area contributed by atoms with Gasteiger partial charge in [-0.2, -0.15) is 4.39 Å². The van der Waals surface area contributed by atoms with Gasteiger partial charge in [0.05, 0.1) is 26.4 Å². The molecule has 0 fully saturated rings. The third kappa shape index (κ3) is 5.05. The van der Waals surface area contributed by atoms with Crippen molar-refractivity contribution in [2.75, 3.05) is 32.1 Å². The molecule has 3 aromatic rings. The summed E-state index contributed by atoms with van der Waals surface area (Å²) in [5, 5.41) is 2.87. The lowest BCUT2D eigenvalue weighted by atomic mass is 9.89. The summed E-state index contributed by atoms with van der Waals surface area (Å²) in [7, 11) is 0. The maximum atomic E-state index is 15.4. The van der Waals surface area contributed by atoms with Gasteiger partial charge in [-0.25, -0.2) is 4.98 Å². The van der Waals surface area contributed by atoms with Crippen molar-refractivity contribution < 1.29 is 18.7 Å². The van der Waals surface area contributed by atoms with Crippen LogP contribution >= 0.6 is 0 Å². The Hall–Kier alpha value is -3.81. The molecule has 0 atom stereocenters. The Kier molecular flexibility index (Phi) is 7.17. The molecule has 0 bridgehead atoms. The zero-order valence-corrected chi connectivity index (χ0v) is 20.9. The minimum Gasteiger partial charge on any atom is -0.383 e. The van der Waals surface area contributed by atoms with Crippen molar-refractivity contribution in [2.45, 2.75) is 26.4 Å². The molecule has 2 aliphatic rings. The summed E-state index contributed by atoms with van der Waals surface area (Å²) in [4.78, 5) is 16.4. The highest BCUT2D eigenvalue weighted by Gasteiger charge is 2.22. The normalized spacial score (nSPS) is 15.1. The van der Waals surface area contributed by atoms with Gasteiger partial charge in [0.25, 0.3) is 5.91 Å². The van der Waals surface area contributed by atoms with Crippen LogP contribution in [0, 0.1) is 12.9 Å². The number of ether oxygens (including phenoxy) is 2. The number of halogens is 1. The van der Waals surface area contributed by atoms with Gasteiger partial charge < -0.3 is 20.5 Å². The van der Waals surface area contributed by atoms with Crippen LogP contribution in [0.2, 0.25) is 0 Å². The molecule has 0 aliphatic carbocycles. The van der Waals surface area contributed by atoms with Crippen molar-refractivity contribution in [3.05, 3.63) is 88.9 Å². The van der Waals surface area contributed by atoms with Crippen LogP contribution < -0.4 is 11.1 Å². The van der Waals surface area contributed by atoms with Crippen LogP contribution in [-0.2, 0) is 22.5 Å². The molecule has 2 aromatic carbocycles. The Morgan fingerprint density at radius 3 is 2.78 bits per heavy atom. The number of hydrogen-bond donors (Lipinski definition) is 2. The average molecular weight is 500 g/mol. The number of amides is 1. The molecule has 3 heterocycles. The predicted molar refractivity (Wildman–Crippen MR) is 144 cm³/mol. The Balaban J connectivity index is 1.61. The zero-order valence-electron chi connectivity index (χ0n) is 20.9. The fourth-order valence-corrected chi connectivity index (χ4v) is 4.99. The number of anilines is 1. The van der Waals surface area contributed by atoms with Crippen molar-refractivity contribution in [3.8, 4) is 22.3 Å². The number of aryl methyl sites for hydroxylation is 1. The largest absolute Gasteiger partial charge is 0.383 e. The van der Waals surface area contributed by atoms with E-state index in [1.54, 1.807) is 12.1 Å². The zero-order chi connectivity index (χ0) is 25.9. The summed E-state index contributed by atoms with van der Waals surface area (Å²) in [6, 6.07) is 11.6. The third-order valence-corrected chi connectivity index (χ3v) is 6.89. The van der Waals surface area contributed by atoms with Gasteiger partial charge in [-0.3, -0.25) is 4.79 Å². The molecule has 1 amide bonds. The second-order valence-corrected chi connectivity index (χ2v) is 9.32. The van der Waals surface area contributed by atoms with Gasteiger partial charge in [-0.05, 0) is 83.0 Å². The third-order valence-electron chi connectivity index (χ3n) is 6.89. The van der Waals surface area contributed by atoms with E-state index < -0.39 is 5.95 Å². The maximum Gasteiger partial charge on any atom is 0.251 e. The first-order valence-electron chi connectivity index (χ1n) is 12.4. The standard InChI is InChI=1S/C30H30FN3O3/c1-3-10-37-17-22-14-20(19-7-11-36-12-8-19)4-5-23(22)26-16-27(29(32)34-28(26)31)24-15-21-6-9-33-30(35)25(21)13-18(24)2/h3-5,7,13-16H,1,6,8-12,17H2,2H3,(H2,32,34)(H,33,35). The Bertz CT molecular complexity index is 1410. The summed E-state index contributed by atoms with van der Waals surface area (Å²) in [6.45, 7) is 8.17. The molecule has 3 N–H and O–H groups in total. The smallest absolute Gasteiger partial charge is 0.251 e. The fourth-order valence-electron chi connectivity index (χ4n) is 4.99. The van der Waals surface area contributed by atoms with Gasteiger partial charge in [0.2, 0.25) is 5.95 Å². The number of benzene rings is 2. The van der Waals surface area contributed by atoms with Crippen molar-refractivity contribution >= 4 is 17.3 Å². The highest BCUT2D eigenvalue weighted by atomic mass is 19.1. The van der Waals surface area contributed by atoms with E-state index in [4.69, 9.17) is 15.2 Å². The number of carbonyl (C=O) groups excluding carboxylic acids is 1. The first-order valence-corrected chi connectivity index (χ1v) is 12.4. The van der Waals surface area contributed by atoms with E-state index in [1.807, 2.05) is 37.3 Å². The number of rotatable bonds is 7. The van der Waals surface area contributed by atoms with E-state index in [0.29, 0.717) is 55.2 Å². The number of hydrogen-bond acceptors (Lipinski definition) is 5. The van der Waals surface area contributed by atoms with E-state index >= 15 is 4.39 Å². The molecule has 0 unspecified atom stereocenters. The van der Waals surface area contributed by atoms with Gasteiger partial charge in [-0.15, -0.1) is 6.58 Å². The highest BCUT2D eigenvalue weighted by molar-refractivity contribution is 5.98. The minimum atomic E-state index is -0.640. The Labute approximate surface area is 216 Å². The van der Waals surface area contributed by atoms with Crippen molar-refractivity contribution in [2.24, 2.45) is 0 Å². The van der Waals surface area contributed by atoms with E-state index in [0.717, 1.165) is 40.7 Å². The van der Waals surface area contributed by atoms with Crippen LogP contribution in [0.4, 0.5) is 10.2 Å². The molecule has 2 aliphatic heterocycles. The number of nitrogen functional groups attached to an aromatic ring is 1. The van der Waals surface area contributed by atoms with Gasteiger partial charge in [0.1, 0.15) is 5.82 Å². The number of nitrogens with two attached hydrogens (primary N) is 1. The summed E-state index contributed by atoms with van der Waals surface area (Å²) >= 11 is 0. The lowest BCUT2D eigenvalue weighted by Gasteiger charge is -2.20. The fraction of sp³-hybridized carbons (Fsp3) is 0.267. The number of pyridine rings is 1. The molecular weight excluding hydrogens is 469 g/mol. The van der Waals surface area contributed by atoms with Crippen molar-refractivity contribution in [1.29, 1.82) is 0 Å². The number of carbonyl (C=O) groups is 1. The monoisotopic (exact) mass is 499 g/mol. The highest BCUT2D eigenvalue weighted by Crippen LogP contribution is 2.37. The predicted octanol–water partition coefficient (Wildman–Crippen LogP) is 5.24. The quantitative estimate of drug-likeness (QED) is 0.264. The van der Waals surface area contributed by atoms with Crippen LogP contribution in [0.1, 0.15) is 39.0 Å². The van der Waals surface area contributed by atoms with Crippen LogP contribution in [0.15, 0.2) is 55.1 Å². The summed E-state index contributed by atoms with van der Waals surface area (Å²) in [5.74, 6) is -0.608. The van der Waals surface area contributed by atoms with E-state index in [-0.39, 0.29) is 11.7 Å². The van der Waals surface area contributed by atoms with Gasteiger partial charge in [-0.1, -0.05) is 24.3 Å². The van der Waals surface area contributed by atoms with Gasteiger partial charge in [0.15, 0.2) is 0 Å². The van der Waals surface area contributed by atoms with Crippen molar-refractivity contribution in [3.63, 3.8) is 0 Å². The molecule has 7 heteroatoms. The van der Waals surface area contributed by atoms with E-state index in [1.165, 1.54) is 5.57 Å². The lowest BCUT2D eigenvalue weighted by Crippen LogP contribution is -2.31. The van der Waals surface area contributed by atoms with Gasteiger partial charge >= 0.3 is 0 Å². The first kappa shape index (κ1) is 24.9. The molecule has 0 radical (unpaired) electrons. The van der Waals surface area contributed by atoms with Gasteiger partial charge in [0, 0.05) is 23.2 Å². The number of fused-ring (bicyclic) bond motifs is 1. The Morgan fingerprint density at radius 1 is 1.14 bits per heavy atom. The molecule has 190 valence electrons. The molecule has 0 saturated heterocycles. The van der Waals surface area contributed by atoms with Crippen LogP contribution in [0.3, 0.4) is 0 Å². The molecule has 1 aromatic heterocycles. The second-order valence-electron chi connectivity index (χ2n) is 9.32. The maximum absolute atomic E-state index is 15.4. The first-order chi connectivity index (χ1) is 18.0. The second kappa shape index (κ2) is 10.7. The molecule has 5 rings (SSSR count). The molecule has 6 nitrogen and oxygen atoms in total. The molecule has 37 heavy (non-hydrogen) atoms. The summed E-state index contributed by atoms with van der Waals surface area (Å²) in [5.41, 5.74) is 14.4. The SMILES string of the molecule is C=CCOCc1cc(C2=CCOCC2)ccc1-c1cc(-c2cc3c(cc2C)C(=O)NCC3)c(N)nc1F. The van der Waals surface area contributed by atoms with Crippen LogP contribution in [-0.4, -0.2) is 37.3 Å². The summed E-state index contributed by atoms with van der Waals surface area (Å²) in [6.07, 6.45) is 5.31.